The molecule has 0 saturated heterocycles. The number of non-ortho nitro benzene ring substituents is 1. The molecule has 0 atom stereocenters. The smallest absolute Gasteiger partial charge is 0.272 e. The SMILES string of the molecule is C#CC1=C(/C=N/Nc2ccc([N+](=O)[O-])cc2[N+](=O)[O-])CCCC1. The molecule has 1 N–H and O–H groups in total. The van der Waals surface area contributed by atoms with Crippen LogP contribution >= 0.6 is 0 Å². The molecular formula is C15H14N4O4. The summed E-state index contributed by atoms with van der Waals surface area (Å²) in [6.45, 7) is 0. The van der Waals surface area contributed by atoms with Gasteiger partial charge in [0.1, 0.15) is 5.69 Å². The van der Waals surface area contributed by atoms with Crippen LogP contribution in [0.25, 0.3) is 0 Å². The van der Waals surface area contributed by atoms with E-state index >= 15 is 0 Å². The molecule has 8 heteroatoms. The van der Waals surface area contributed by atoms with E-state index in [2.05, 4.69) is 16.4 Å². The molecule has 0 radical (unpaired) electrons. The Balaban J connectivity index is 2.22. The third-order valence-electron chi connectivity index (χ3n) is 3.48. The number of hydrogen-bond acceptors (Lipinski definition) is 6. The number of terminal acetylenes is 1. The van der Waals surface area contributed by atoms with Gasteiger partial charge in [-0.1, -0.05) is 5.92 Å². The number of allylic oxidation sites excluding steroid dienone is 2. The Morgan fingerprint density at radius 3 is 2.61 bits per heavy atom. The molecule has 0 heterocycles. The van der Waals surface area contributed by atoms with E-state index in [1.54, 1.807) is 6.21 Å². The first kappa shape index (κ1) is 16.2. The second kappa shape index (κ2) is 7.17. The lowest BCUT2D eigenvalue weighted by molar-refractivity contribution is -0.393. The van der Waals surface area contributed by atoms with Gasteiger partial charge in [-0.25, -0.2) is 0 Å². The van der Waals surface area contributed by atoms with Gasteiger partial charge in [-0.2, -0.15) is 5.10 Å². The van der Waals surface area contributed by atoms with Gasteiger partial charge in [-0.05, 0) is 37.3 Å². The van der Waals surface area contributed by atoms with Crippen molar-refractivity contribution < 1.29 is 9.85 Å². The summed E-state index contributed by atoms with van der Waals surface area (Å²) in [6, 6.07) is 3.33. The fourth-order valence-electron chi connectivity index (χ4n) is 2.29. The molecule has 0 fully saturated rings. The highest BCUT2D eigenvalue weighted by Gasteiger charge is 2.19. The summed E-state index contributed by atoms with van der Waals surface area (Å²) in [6.07, 6.45) is 10.7. The maximum absolute atomic E-state index is 11.0. The first-order chi connectivity index (χ1) is 11.0. The van der Waals surface area contributed by atoms with Crippen LogP contribution in [0.4, 0.5) is 17.1 Å². The predicted octanol–water partition coefficient (Wildman–Crippen LogP) is 3.40. The Kier molecular flexibility index (Phi) is 5.04. The zero-order chi connectivity index (χ0) is 16.8. The molecule has 1 aromatic rings. The zero-order valence-corrected chi connectivity index (χ0v) is 12.2. The third kappa shape index (κ3) is 3.91. The molecular weight excluding hydrogens is 300 g/mol. The largest absolute Gasteiger partial charge is 0.301 e. The van der Waals surface area contributed by atoms with Gasteiger partial charge in [-0.3, -0.25) is 25.7 Å². The normalized spacial score (nSPS) is 14.6. The molecule has 0 spiro atoms. The fourth-order valence-corrected chi connectivity index (χ4v) is 2.29. The van der Waals surface area contributed by atoms with Crippen molar-refractivity contribution in [2.24, 2.45) is 5.10 Å². The number of hydrazone groups is 1. The molecule has 1 aliphatic carbocycles. The Morgan fingerprint density at radius 2 is 1.96 bits per heavy atom. The molecule has 0 aliphatic heterocycles. The molecule has 118 valence electrons. The number of nitro benzene ring substituents is 2. The predicted molar refractivity (Wildman–Crippen MR) is 86.2 cm³/mol. The standard InChI is InChI=1S/C15H14N4O4/c1-2-11-5-3-4-6-12(11)10-16-17-14-8-7-13(18(20)21)9-15(14)19(22)23/h1,7-10,17H,3-6H2/b16-10+. The van der Waals surface area contributed by atoms with Crippen LogP contribution in [0.1, 0.15) is 25.7 Å². The van der Waals surface area contributed by atoms with Gasteiger partial charge < -0.3 is 0 Å². The average Bonchev–Trinajstić information content (AvgIpc) is 2.55. The lowest BCUT2D eigenvalue weighted by Crippen LogP contribution is -2.02. The molecule has 0 saturated carbocycles. The van der Waals surface area contributed by atoms with Gasteiger partial charge in [0, 0.05) is 11.6 Å². The van der Waals surface area contributed by atoms with Crippen LogP contribution in [0.5, 0.6) is 0 Å². The number of benzene rings is 1. The molecule has 0 unspecified atom stereocenters. The molecule has 0 bridgehead atoms. The summed E-state index contributed by atoms with van der Waals surface area (Å²) >= 11 is 0. The number of rotatable bonds is 5. The highest BCUT2D eigenvalue weighted by Crippen LogP contribution is 2.29. The minimum atomic E-state index is -0.697. The van der Waals surface area contributed by atoms with Gasteiger partial charge >= 0.3 is 5.69 Å². The van der Waals surface area contributed by atoms with Crippen LogP contribution in [0.2, 0.25) is 0 Å². The van der Waals surface area contributed by atoms with Crippen molar-refractivity contribution in [1.29, 1.82) is 0 Å². The molecule has 0 amide bonds. The number of nitrogens with zero attached hydrogens (tertiary/aromatic N) is 3. The molecule has 0 aromatic heterocycles. The first-order valence-corrected chi connectivity index (χ1v) is 6.93. The van der Waals surface area contributed by atoms with E-state index in [1.165, 1.54) is 12.1 Å². The van der Waals surface area contributed by atoms with Crippen LogP contribution < -0.4 is 5.43 Å². The highest BCUT2D eigenvalue weighted by molar-refractivity contribution is 5.82. The number of anilines is 1. The summed E-state index contributed by atoms with van der Waals surface area (Å²) in [5.74, 6) is 2.63. The van der Waals surface area contributed by atoms with E-state index in [9.17, 15) is 20.2 Å². The lowest BCUT2D eigenvalue weighted by Gasteiger charge is -2.12. The minimum Gasteiger partial charge on any atom is -0.272 e. The number of nitro groups is 2. The van der Waals surface area contributed by atoms with Crippen molar-refractivity contribution in [3.8, 4) is 12.3 Å². The van der Waals surface area contributed by atoms with Crippen LogP contribution in [0.3, 0.4) is 0 Å². The van der Waals surface area contributed by atoms with Gasteiger partial charge in [-0.15, -0.1) is 6.42 Å². The van der Waals surface area contributed by atoms with Crippen molar-refractivity contribution in [2.45, 2.75) is 25.7 Å². The third-order valence-corrected chi connectivity index (χ3v) is 3.48. The topological polar surface area (TPSA) is 111 Å². The van der Waals surface area contributed by atoms with E-state index in [-0.39, 0.29) is 11.4 Å². The Bertz CT molecular complexity index is 746. The van der Waals surface area contributed by atoms with Gasteiger partial charge in [0.2, 0.25) is 0 Å². The molecule has 2 rings (SSSR count). The van der Waals surface area contributed by atoms with E-state index in [0.717, 1.165) is 42.9 Å². The van der Waals surface area contributed by atoms with Crippen LogP contribution in [-0.4, -0.2) is 16.1 Å². The number of nitrogens with one attached hydrogen (secondary N) is 1. The summed E-state index contributed by atoms with van der Waals surface area (Å²) in [7, 11) is 0. The maximum Gasteiger partial charge on any atom is 0.301 e. The van der Waals surface area contributed by atoms with E-state index in [1.807, 2.05) is 0 Å². The number of hydrogen-bond donors (Lipinski definition) is 1. The van der Waals surface area contributed by atoms with Gasteiger partial charge in [0.15, 0.2) is 0 Å². The Morgan fingerprint density at radius 1 is 1.22 bits per heavy atom. The second-order valence-electron chi connectivity index (χ2n) is 4.94. The van der Waals surface area contributed by atoms with Crippen LogP contribution in [0.15, 0.2) is 34.4 Å². The first-order valence-electron chi connectivity index (χ1n) is 6.93. The lowest BCUT2D eigenvalue weighted by atomic mass is 9.93. The maximum atomic E-state index is 11.0. The van der Waals surface area contributed by atoms with Crippen molar-refractivity contribution >= 4 is 23.3 Å². The second-order valence-corrected chi connectivity index (χ2v) is 4.94. The van der Waals surface area contributed by atoms with Crippen molar-refractivity contribution in [1.82, 2.24) is 0 Å². The van der Waals surface area contributed by atoms with Crippen molar-refractivity contribution in [2.75, 3.05) is 5.43 Å². The van der Waals surface area contributed by atoms with E-state index in [0.29, 0.717) is 0 Å². The summed E-state index contributed by atoms with van der Waals surface area (Å²) in [4.78, 5) is 20.3. The monoisotopic (exact) mass is 314 g/mol. The Labute approximate surface area is 132 Å². The van der Waals surface area contributed by atoms with Crippen molar-refractivity contribution in [3.63, 3.8) is 0 Å². The van der Waals surface area contributed by atoms with Gasteiger partial charge in [0.25, 0.3) is 5.69 Å². The Hall–Kier alpha value is -3.21. The van der Waals surface area contributed by atoms with Crippen LogP contribution in [-0.2, 0) is 0 Å². The summed E-state index contributed by atoms with van der Waals surface area (Å²) in [5, 5.41) is 25.7. The minimum absolute atomic E-state index is 0.0792. The molecule has 8 nitrogen and oxygen atoms in total. The summed E-state index contributed by atoms with van der Waals surface area (Å²) in [5.41, 5.74) is 3.69. The van der Waals surface area contributed by atoms with E-state index < -0.39 is 15.5 Å². The fraction of sp³-hybridized carbons (Fsp3) is 0.267. The average molecular weight is 314 g/mol. The van der Waals surface area contributed by atoms with Crippen LogP contribution in [0, 0.1) is 32.6 Å². The molecule has 1 aliphatic rings. The zero-order valence-electron chi connectivity index (χ0n) is 12.2. The van der Waals surface area contributed by atoms with E-state index in [4.69, 9.17) is 6.42 Å². The molecule has 23 heavy (non-hydrogen) atoms. The van der Waals surface area contributed by atoms with Gasteiger partial charge in [0.05, 0.1) is 22.1 Å². The highest BCUT2D eigenvalue weighted by atomic mass is 16.6. The van der Waals surface area contributed by atoms with Crippen molar-refractivity contribution in [3.05, 3.63) is 49.6 Å². The quantitative estimate of drug-likeness (QED) is 0.387. The molecule has 1 aromatic carbocycles. The summed E-state index contributed by atoms with van der Waals surface area (Å²) < 4.78 is 0.